The van der Waals surface area contributed by atoms with E-state index in [-0.39, 0.29) is 6.54 Å². The Bertz CT molecular complexity index is 243. The molecule has 1 fully saturated rings. The van der Waals surface area contributed by atoms with Crippen LogP contribution in [0.15, 0.2) is 0 Å². The standard InChI is InChI=1S/C13H26N2O2S/c1-3-15(11-13(16)17)12-5-7-14(8-6-12)9-10-18-4-2/h12H,3-11H2,1-2H3,(H,16,17). The Balaban J connectivity index is 2.26. The highest BCUT2D eigenvalue weighted by Crippen LogP contribution is 2.16. The van der Waals surface area contributed by atoms with Crippen molar-refractivity contribution in [2.24, 2.45) is 0 Å². The van der Waals surface area contributed by atoms with E-state index in [1.807, 2.05) is 18.7 Å². The largest absolute Gasteiger partial charge is 0.480 e. The second kappa shape index (κ2) is 8.77. The van der Waals surface area contributed by atoms with Gasteiger partial charge in [-0.05, 0) is 38.2 Å². The molecule has 0 atom stereocenters. The van der Waals surface area contributed by atoms with E-state index in [4.69, 9.17) is 5.11 Å². The van der Waals surface area contributed by atoms with Gasteiger partial charge in [0.25, 0.3) is 0 Å². The van der Waals surface area contributed by atoms with Crippen molar-refractivity contribution in [3.05, 3.63) is 0 Å². The van der Waals surface area contributed by atoms with Crippen LogP contribution in [0.4, 0.5) is 0 Å². The summed E-state index contributed by atoms with van der Waals surface area (Å²) in [5, 5.41) is 8.89. The lowest BCUT2D eigenvalue weighted by atomic mass is 10.0. The van der Waals surface area contributed by atoms with Crippen LogP contribution >= 0.6 is 11.8 Å². The molecule has 0 aromatic carbocycles. The molecule has 0 unspecified atom stereocenters. The Hall–Kier alpha value is -0.260. The van der Waals surface area contributed by atoms with Crippen LogP contribution < -0.4 is 0 Å². The fourth-order valence-electron chi connectivity index (χ4n) is 2.52. The predicted octanol–water partition coefficient (Wildman–Crippen LogP) is 1.61. The zero-order chi connectivity index (χ0) is 13.4. The van der Waals surface area contributed by atoms with E-state index in [0.29, 0.717) is 6.04 Å². The highest BCUT2D eigenvalue weighted by Gasteiger charge is 2.24. The quantitative estimate of drug-likeness (QED) is 0.681. The first-order chi connectivity index (χ1) is 8.67. The summed E-state index contributed by atoms with van der Waals surface area (Å²) in [6.07, 6.45) is 2.22. The summed E-state index contributed by atoms with van der Waals surface area (Å²) in [6, 6.07) is 0.459. The van der Waals surface area contributed by atoms with Gasteiger partial charge in [0.1, 0.15) is 0 Å². The van der Waals surface area contributed by atoms with Crippen LogP contribution in [0.1, 0.15) is 26.7 Å². The van der Waals surface area contributed by atoms with Crippen molar-refractivity contribution < 1.29 is 9.90 Å². The van der Waals surface area contributed by atoms with Crippen molar-refractivity contribution in [3.8, 4) is 0 Å². The number of piperidine rings is 1. The normalized spacial score (nSPS) is 18.4. The van der Waals surface area contributed by atoms with Crippen molar-refractivity contribution in [1.29, 1.82) is 0 Å². The summed E-state index contributed by atoms with van der Waals surface area (Å²) in [5.41, 5.74) is 0. The first-order valence-electron chi connectivity index (χ1n) is 6.93. The summed E-state index contributed by atoms with van der Waals surface area (Å²) in [7, 11) is 0. The number of rotatable bonds is 8. The average molecular weight is 274 g/mol. The van der Waals surface area contributed by atoms with Crippen LogP contribution in [0.25, 0.3) is 0 Å². The van der Waals surface area contributed by atoms with Crippen molar-refractivity contribution in [3.63, 3.8) is 0 Å². The lowest BCUT2D eigenvalue weighted by Crippen LogP contribution is -2.46. The summed E-state index contributed by atoms with van der Waals surface area (Å²) in [6.45, 7) is 8.68. The number of likely N-dealkylation sites (N-methyl/N-ethyl adjacent to an activating group) is 1. The Morgan fingerprint density at radius 1 is 1.39 bits per heavy atom. The van der Waals surface area contributed by atoms with Crippen molar-refractivity contribution >= 4 is 17.7 Å². The van der Waals surface area contributed by atoms with Crippen LogP contribution in [-0.4, -0.2) is 71.1 Å². The summed E-state index contributed by atoms with van der Waals surface area (Å²) in [5.74, 6) is 1.70. The maximum absolute atomic E-state index is 10.8. The lowest BCUT2D eigenvalue weighted by Gasteiger charge is -2.37. The highest BCUT2D eigenvalue weighted by atomic mass is 32.2. The number of carboxylic acid groups (broad SMARTS) is 1. The number of aliphatic carboxylic acids is 1. The van der Waals surface area contributed by atoms with Gasteiger partial charge in [-0.15, -0.1) is 0 Å². The molecule has 0 bridgehead atoms. The molecular weight excluding hydrogens is 248 g/mol. The number of nitrogens with zero attached hydrogens (tertiary/aromatic N) is 2. The molecule has 0 aromatic rings. The van der Waals surface area contributed by atoms with Gasteiger partial charge in [0.2, 0.25) is 0 Å². The minimum absolute atomic E-state index is 0.187. The number of hydrogen-bond acceptors (Lipinski definition) is 4. The fourth-order valence-corrected chi connectivity index (χ4v) is 3.19. The van der Waals surface area contributed by atoms with Crippen molar-refractivity contribution in [2.45, 2.75) is 32.7 Å². The molecule has 1 heterocycles. The van der Waals surface area contributed by atoms with Gasteiger partial charge >= 0.3 is 5.97 Å². The predicted molar refractivity (Wildman–Crippen MR) is 77.3 cm³/mol. The lowest BCUT2D eigenvalue weighted by molar-refractivity contribution is -0.139. The molecule has 1 aliphatic rings. The molecule has 0 aromatic heterocycles. The summed E-state index contributed by atoms with van der Waals surface area (Å²) in [4.78, 5) is 15.4. The van der Waals surface area contributed by atoms with Gasteiger partial charge < -0.3 is 10.0 Å². The first-order valence-corrected chi connectivity index (χ1v) is 8.08. The van der Waals surface area contributed by atoms with Gasteiger partial charge in [-0.3, -0.25) is 9.69 Å². The van der Waals surface area contributed by atoms with E-state index >= 15 is 0 Å². The Morgan fingerprint density at radius 2 is 2.06 bits per heavy atom. The molecule has 1 rings (SSSR count). The number of hydrogen-bond donors (Lipinski definition) is 1. The molecule has 4 nitrogen and oxygen atoms in total. The minimum Gasteiger partial charge on any atom is -0.480 e. The zero-order valence-corrected chi connectivity index (χ0v) is 12.4. The number of likely N-dealkylation sites (tertiary alicyclic amines) is 1. The molecule has 0 saturated carbocycles. The topological polar surface area (TPSA) is 43.8 Å². The Morgan fingerprint density at radius 3 is 2.56 bits per heavy atom. The molecule has 1 N–H and O–H groups in total. The van der Waals surface area contributed by atoms with E-state index < -0.39 is 5.97 Å². The molecular formula is C13H26N2O2S. The van der Waals surface area contributed by atoms with Gasteiger partial charge in [0, 0.05) is 18.3 Å². The maximum Gasteiger partial charge on any atom is 0.317 e. The second-order valence-corrected chi connectivity index (χ2v) is 6.12. The third-order valence-corrected chi connectivity index (χ3v) is 4.45. The van der Waals surface area contributed by atoms with Crippen molar-refractivity contribution in [2.75, 3.05) is 44.2 Å². The van der Waals surface area contributed by atoms with Gasteiger partial charge in [-0.2, -0.15) is 11.8 Å². The molecule has 1 saturated heterocycles. The van der Waals surface area contributed by atoms with Gasteiger partial charge in [0.15, 0.2) is 0 Å². The molecule has 106 valence electrons. The third-order valence-electron chi connectivity index (χ3n) is 3.57. The van der Waals surface area contributed by atoms with Gasteiger partial charge in [-0.1, -0.05) is 13.8 Å². The van der Waals surface area contributed by atoms with E-state index in [1.54, 1.807) is 0 Å². The van der Waals surface area contributed by atoms with Gasteiger partial charge in [-0.25, -0.2) is 0 Å². The molecule has 0 aliphatic carbocycles. The van der Waals surface area contributed by atoms with Crippen LogP contribution in [0.5, 0.6) is 0 Å². The number of thioether (sulfide) groups is 1. The smallest absolute Gasteiger partial charge is 0.317 e. The zero-order valence-electron chi connectivity index (χ0n) is 11.6. The van der Waals surface area contributed by atoms with E-state index in [9.17, 15) is 4.79 Å². The monoisotopic (exact) mass is 274 g/mol. The first kappa shape index (κ1) is 15.8. The van der Waals surface area contributed by atoms with E-state index in [1.165, 1.54) is 18.1 Å². The number of carboxylic acids is 1. The van der Waals surface area contributed by atoms with Crippen LogP contribution in [-0.2, 0) is 4.79 Å². The van der Waals surface area contributed by atoms with E-state index in [2.05, 4.69) is 16.7 Å². The molecule has 0 amide bonds. The molecule has 18 heavy (non-hydrogen) atoms. The third kappa shape index (κ3) is 5.59. The number of carbonyl (C=O) groups is 1. The van der Waals surface area contributed by atoms with Crippen LogP contribution in [0, 0.1) is 0 Å². The SMILES string of the molecule is CCSCCN1CCC(N(CC)CC(=O)O)CC1. The Kier molecular flexibility index (Phi) is 7.70. The van der Waals surface area contributed by atoms with Crippen LogP contribution in [0.2, 0.25) is 0 Å². The molecule has 1 aliphatic heterocycles. The molecule has 0 spiro atoms. The maximum atomic E-state index is 10.8. The van der Waals surface area contributed by atoms with Gasteiger partial charge in [0.05, 0.1) is 6.54 Å². The summed E-state index contributed by atoms with van der Waals surface area (Å²) < 4.78 is 0. The fraction of sp³-hybridized carbons (Fsp3) is 0.923. The van der Waals surface area contributed by atoms with Crippen molar-refractivity contribution in [1.82, 2.24) is 9.80 Å². The molecule has 5 heteroatoms. The molecule has 0 radical (unpaired) electrons. The average Bonchev–Trinajstić information content (AvgIpc) is 2.37. The summed E-state index contributed by atoms with van der Waals surface area (Å²) >= 11 is 1.99. The second-order valence-electron chi connectivity index (χ2n) is 4.73. The Labute approximate surface area is 115 Å². The minimum atomic E-state index is -0.710. The highest BCUT2D eigenvalue weighted by molar-refractivity contribution is 7.99. The van der Waals surface area contributed by atoms with E-state index in [0.717, 1.165) is 32.5 Å². The van der Waals surface area contributed by atoms with Crippen LogP contribution in [0.3, 0.4) is 0 Å².